The van der Waals surface area contributed by atoms with Crippen molar-refractivity contribution in [3.05, 3.63) is 76.8 Å². The number of hydrogen-bond donors (Lipinski definition) is 1. The standard InChI is InChI=1S/C37H45ClN4O3/c1-25-11-12-33(24-35(25)38)42(37(45)28-15-19-40(20-16-28)26(2)43)18-6-17-41-31-13-14-32(41)23-30(22-31)39-36(44)21-29-9-5-8-27-7-3-4-10-34(27)29/h3-5,7-12,24,28,30-32H,6,13-23H2,1-2H3,(H,39,44). The highest BCUT2D eigenvalue weighted by atomic mass is 35.5. The second-order valence-electron chi connectivity index (χ2n) is 13.2. The van der Waals surface area contributed by atoms with Gasteiger partial charge in [-0.3, -0.25) is 19.3 Å². The van der Waals surface area contributed by atoms with Gasteiger partial charge in [0.15, 0.2) is 0 Å². The Morgan fingerprint density at radius 1 is 0.933 bits per heavy atom. The summed E-state index contributed by atoms with van der Waals surface area (Å²) >= 11 is 6.50. The van der Waals surface area contributed by atoms with Crippen molar-refractivity contribution < 1.29 is 14.4 Å². The number of fused-ring (bicyclic) bond motifs is 3. The van der Waals surface area contributed by atoms with Gasteiger partial charge >= 0.3 is 0 Å². The number of aryl methyl sites for hydroxylation is 1. The van der Waals surface area contributed by atoms with Gasteiger partial charge in [0.2, 0.25) is 17.7 Å². The number of amides is 3. The fraction of sp³-hybridized carbons (Fsp3) is 0.486. The number of likely N-dealkylation sites (tertiary alicyclic amines) is 1. The van der Waals surface area contributed by atoms with Crippen LogP contribution in [0.3, 0.4) is 0 Å². The van der Waals surface area contributed by atoms with Gasteiger partial charge in [-0.2, -0.15) is 0 Å². The number of piperidine rings is 2. The molecule has 3 heterocycles. The maximum absolute atomic E-state index is 13.9. The van der Waals surface area contributed by atoms with Crippen LogP contribution in [0.5, 0.6) is 0 Å². The summed E-state index contributed by atoms with van der Waals surface area (Å²) in [6, 6.07) is 21.4. The van der Waals surface area contributed by atoms with Gasteiger partial charge in [-0.1, -0.05) is 60.1 Å². The van der Waals surface area contributed by atoms with E-state index in [1.54, 1.807) is 6.92 Å². The maximum Gasteiger partial charge on any atom is 0.230 e. The number of carbonyl (C=O) groups is 3. The van der Waals surface area contributed by atoms with E-state index in [1.807, 2.05) is 53.1 Å². The van der Waals surface area contributed by atoms with E-state index in [2.05, 4.69) is 34.5 Å². The van der Waals surface area contributed by atoms with Crippen LogP contribution in [-0.2, 0) is 20.8 Å². The van der Waals surface area contributed by atoms with E-state index < -0.39 is 0 Å². The fourth-order valence-corrected chi connectivity index (χ4v) is 8.02. The minimum atomic E-state index is -0.0925. The number of hydrogen-bond acceptors (Lipinski definition) is 4. The van der Waals surface area contributed by atoms with E-state index in [-0.39, 0.29) is 29.7 Å². The van der Waals surface area contributed by atoms with Crippen LogP contribution in [0.25, 0.3) is 10.8 Å². The molecule has 3 aliphatic heterocycles. The van der Waals surface area contributed by atoms with Crippen LogP contribution in [0.1, 0.15) is 63.0 Å². The molecule has 0 radical (unpaired) electrons. The molecule has 2 atom stereocenters. The molecule has 8 heteroatoms. The Hall–Kier alpha value is -3.42. The van der Waals surface area contributed by atoms with Crippen molar-refractivity contribution in [1.29, 1.82) is 0 Å². The highest BCUT2D eigenvalue weighted by Gasteiger charge is 2.41. The molecule has 2 bridgehead atoms. The number of nitrogens with one attached hydrogen (secondary N) is 1. The molecular weight excluding hydrogens is 584 g/mol. The Kier molecular flexibility index (Phi) is 9.76. The topological polar surface area (TPSA) is 73.0 Å². The van der Waals surface area contributed by atoms with E-state index in [0.717, 1.165) is 60.8 Å². The van der Waals surface area contributed by atoms with Crippen molar-refractivity contribution in [2.24, 2.45) is 5.92 Å². The zero-order valence-corrected chi connectivity index (χ0v) is 27.3. The quantitative estimate of drug-likeness (QED) is 0.309. The highest BCUT2D eigenvalue weighted by Crippen LogP contribution is 2.36. The number of halogens is 1. The molecule has 0 aliphatic carbocycles. The van der Waals surface area contributed by atoms with Gasteiger partial charge in [0, 0.05) is 67.9 Å². The lowest BCUT2D eigenvalue weighted by Gasteiger charge is -2.40. The molecule has 0 aromatic heterocycles. The summed E-state index contributed by atoms with van der Waals surface area (Å²) in [4.78, 5) is 45.2. The summed E-state index contributed by atoms with van der Waals surface area (Å²) in [6.07, 6.45) is 6.92. The molecule has 45 heavy (non-hydrogen) atoms. The largest absolute Gasteiger partial charge is 0.353 e. The number of anilines is 1. The summed E-state index contributed by atoms with van der Waals surface area (Å²) in [5, 5.41) is 6.34. The first kappa shape index (κ1) is 31.6. The molecule has 2 unspecified atom stereocenters. The predicted octanol–water partition coefficient (Wildman–Crippen LogP) is 6.14. The second kappa shape index (κ2) is 13.9. The van der Waals surface area contributed by atoms with Crippen molar-refractivity contribution in [3.8, 4) is 0 Å². The molecule has 7 nitrogen and oxygen atoms in total. The number of benzene rings is 3. The van der Waals surface area contributed by atoms with Crippen molar-refractivity contribution in [2.45, 2.75) is 83.3 Å². The van der Waals surface area contributed by atoms with E-state index in [9.17, 15) is 14.4 Å². The van der Waals surface area contributed by atoms with Crippen LogP contribution in [0.4, 0.5) is 5.69 Å². The summed E-state index contributed by atoms with van der Waals surface area (Å²) in [5.74, 6) is 0.217. The van der Waals surface area contributed by atoms with E-state index in [4.69, 9.17) is 11.6 Å². The van der Waals surface area contributed by atoms with E-state index in [1.165, 1.54) is 5.39 Å². The minimum absolute atomic E-state index is 0.0749. The van der Waals surface area contributed by atoms with Crippen LogP contribution in [0, 0.1) is 12.8 Å². The molecule has 3 aliphatic rings. The Bertz CT molecular complexity index is 1530. The normalized spacial score (nSPS) is 22.0. The van der Waals surface area contributed by atoms with Gasteiger partial charge in [-0.15, -0.1) is 0 Å². The Morgan fingerprint density at radius 3 is 2.36 bits per heavy atom. The molecule has 1 N–H and O–H groups in total. The average Bonchev–Trinajstić information content (AvgIpc) is 3.27. The minimum Gasteiger partial charge on any atom is -0.353 e. The number of nitrogens with zero attached hydrogens (tertiary/aromatic N) is 3. The molecule has 0 saturated carbocycles. The first-order chi connectivity index (χ1) is 21.8. The molecule has 6 rings (SSSR count). The highest BCUT2D eigenvalue weighted by molar-refractivity contribution is 6.31. The van der Waals surface area contributed by atoms with Crippen molar-refractivity contribution >= 4 is 45.8 Å². The molecule has 3 fully saturated rings. The second-order valence-corrected chi connectivity index (χ2v) is 13.6. The summed E-state index contributed by atoms with van der Waals surface area (Å²) in [6.45, 7) is 6.39. The molecule has 3 aromatic carbocycles. The lowest BCUT2D eigenvalue weighted by atomic mass is 9.94. The van der Waals surface area contributed by atoms with E-state index in [0.29, 0.717) is 56.0 Å². The van der Waals surface area contributed by atoms with Gasteiger partial charge in [-0.25, -0.2) is 0 Å². The first-order valence-electron chi connectivity index (χ1n) is 16.6. The number of rotatable bonds is 9. The smallest absolute Gasteiger partial charge is 0.230 e. The van der Waals surface area contributed by atoms with Crippen molar-refractivity contribution in [1.82, 2.24) is 15.1 Å². The lowest BCUT2D eigenvalue weighted by Crippen LogP contribution is -2.51. The SMILES string of the molecule is CC(=O)N1CCC(C(=O)N(CCCN2C3CCC2CC(NC(=O)Cc2cccc4ccccc24)C3)c2ccc(C)c(Cl)c2)CC1. The van der Waals surface area contributed by atoms with Gasteiger partial charge in [0.05, 0.1) is 6.42 Å². The molecule has 238 valence electrons. The lowest BCUT2D eigenvalue weighted by molar-refractivity contribution is -0.133. The Labute approximate surface area is 271 Å². The van der Waals surface area contributed by atoms with Gasteiger partial charge in [-0.05, 0) is 85.9 Å². The zero-order valence-electron chi connectivity index (χ0n) is 26.5. The third-order valence-corrected chi connectivity index (χ3v) is 10.7. The van der Waals surface area contributed by atoms with Gasteiger partial charge < -0.3 is 15.1 Å². The zero-order chi connectivity index (χ0) is 31.5. The van der Waals surface area contributed by atoms with Crippen LogP contribution in [0.15, 0.2) is 60.7 Å². The summed E-state index contributed by atoms with van der Waals surface area (Å²) in [7, 11) is 0. The molecule has 0 spiro atoms. The molecule has 3 aromatic rings. The molecule has 3 saturated heterocycles. The van der Waals surface area contributed by atoms with Crippen molar-refractivity contribution in [3.63, 3.8) is 0 Å². The van der Waals surface area contributed by atoms with Gasteiger partial charge in [0.1, 0.15) is 0 Å². The summed E-state index contributed by atoms with van der Waals surface area (Å²) in [5.41, 5.74) is 2.91. The molecule has 3 amide bonds. The van der Waals surface area contributed by atoms with Crippen molar-refractivity contribution in [2.75, 3.05) is 31.1 Å². The fourth-order valence-electron chi connectivity index (χ4n) is 7.84. The molecular formula is C37H45ClN4O3. The number of carbonyl (C=O) groups excluding carboxylic acids is 3. The van der Waals surface area contributed by atoms with Crippen LogP contribution < -0.4 is 10.2 Å². The van der Waals surface area contributed by atoms with Crippen LogP contribution in [-0.4, -0.2) is 71.8 Å². The first-order valence-corrected chi connectivity index (χ1v) is 17.0. The average molecular weight is 629 g/mol. The summed E-state index contributed by atoms with van der Waals surface area (Å²) < 4.78 is 0. The third kappa shape index (κ3) is 7.20. The van der Waals surface area contributed by atoms with Crippen LogP contribution >= 0.6 is 11.6 Å². The Balaban J connectivity index is 1.05. The van der Waals surface area contributed by atoms with E-state index >= 15 is 0 Å². The predicted molar refractivity (Wildman–Crippen MR) is 180 cm³/mol. The monoisotopic (exact) mass is 628 g/mol. The Morgan fingerprint density at radius 2 is 1.64 bits per heavy atom. The van der Waals surface area contributed by atoms with Gasteiger partial charge in [0.25, 0.3) is 0 Å². The third-order valence-electron chi connectivity index (χ3n) is 10.3. The maximum atomic E-state index is 13.9. The van der Waals surface area contributed by atoms with Crippen LogP contribution in [0.2, 0.25) is 5.02 Å².